The quantitative estimate of drug-likeness (QED) is 0.428. The van der Waals surface area contributed by atoms with E-state index < -0.39 is 11.4 Å². The van der Waals surface area contributed by atoms with Gasteiger partial charge in [-0.2, -0.15) is 5.26 Å². The van der Waals surface area contributed by atoms with E-state index in [-0.39, 0.29) is 5.95 Å². The smallest absolute Gasteiger partial charge is 0.309 e. The molecular weight excluding hydrogens is 432 g/mol. The molecule has 10 heteroatoms. The minimum absolute atomic E-state index is 0.0832. The third-order valence-corrected chi connectivity index (χ3v) is 5.22. The van der Waals surface area contributed by atoms with Crippen LogP contribution in [0.2, 0.25) is 0 Å². The highest BCUT2D eigenvalue weighted by atomic mass is 16.4. The average Bonchev–Trinajstić information content (AvgIpc) is 3.27. The molecule has 3 heterocycles. The third kappa shape index (κ3) is 5.05. The molecule has 0 spiro atoms. The average molecular weight is 454 g/mol. The number of aromatic nitrogens is 6. The molecule has 0 unspecified atom stereocenters. The van der Waals surface area contributed by atoms with Crippen LogP contribution in [0.1, 0.15) is 30.8 Å². The first-order valence-corrected chi connectivity index (χ1v) is 10.5. The Balaban J connectivity index is 1.57. The second kappa shape index (κ2) is 9.07. The maximum absolute atomic E-state index is 11.4. The Bertz CT molecular complexity index is 1400. The summed E-state index contributed by atoms with van der Waals surface area (Å²) in [7, 11) is 0. The minimum Gasteiger partial charge on any atom is -0.481 e. The summed E-state index contributed by atoms with van der Waals surface area (Å²) in [6.07, 6.45) is 2.04. The van der Waals surface area contributed by atoms with Crippen LogP contribution in [0.4, 0.5) is 5.95 Å². The predicted molar refractivity (Wildman–Crippen MR) is 124 cm³/mol. The highest BCUT2D eigenvalue weighted by Crippen LogP contribution is 2.24. The molecule has 0 saturated heterocycles. The fourth-order valence-corrected chi connectivity index (χ4v) is 3.40. The molecule has 3 N–H and O–H groups in total. The summed E-state index contributed by atoms with van der Waals surface area (Å²) >= 11 is 0. The van der Waals surface area contributed by atoms with Crippen LogP contribution >= 0.6 is 0 Å². The number of nitrogen functional groups attached to an aromatic ring is 1. The van der Waals surface area contributed by atoms with Crippen LogP contribution in [0.15, 0.2) is 54.7 Å². The maximum atomic E-state index is 11.4. The molecule has 4 rings (SSSR count). The lowest BCUT2D eigenvalue weighted by molar-refractivity contribution is -0.146. The van der Waals surface area contributed by atoms with Gasteiger partial charge in [0, 0.05) is 17.7 Å². The number of nitriles is 1. The van der Waals surface area contributed by atoms with Gasteiger partial charge in [-0.1, -0.05) is 23.4 Å². The van der Waals surface area contributed by atoms with Gasteiger partial charge in [0.2, 0.25) is 5.95 Å². The zero-order valence-corrected chi connectivity index (χ0v) is 18.7. The molecule has 4 aromatic rings. The fourth-order valence-electron chi connectivity index (χ4n) is 3.40. The van der Waals surface area contributed by atoms with Gasteiger partial charge in [-0.25, -0.2) is 14.6 Å². The van der Waals surface area contributed by atoms with Crippen LogP contribution in [0.3, 0.4) is 0 Å². The fraction of sp³-hybridized carbons (Fsp3) is 0.208. The van der Waals surface area contributed by atoms with Crippen LogP contribution in [0.5, 0.6) is 0 Å². The number of anilines is 1. The van der Waals surface area contributed by atoms with Crippen molar-refractivity contribution >= 4 is 11.9 Å². The SMILES string of the molecule is CC(C)(Cc1cccc(Cn2cc(-c3cc(-c4cccc(C#N)c4)nc(N)n3)nn2)n1)C(=O)O. The zero-order valence-electron chi connectivity index (χ0n) is 18.7. The molecule has 170 valence electrons. The number of carbonyl (C=O) groups is 1. The Morgan fingerprint density at radius 2 is 1.79 bits per heavy atom. The lowest BCUT2D eigenvalue weighted by Crippen LogP contribution is -2.26. The molecule has 10 nitrogen and oxygen atoms in total. The van der Waals surface area contributed by atoms with Crippen molar-refractivity contribution in [2.45, 2.75) is 26.8 Å². The number of aliphatic carboxylic acids is 1. The van der Waals surface area contributed by atoms with Gasteiger partial charge in [-0.15, -0.1) is 5.10 Å². The maximum Gasteiger partial charge on any atom is 0.309 e. The van der Waals surface area contributed by atoms with Crippen molar-refractivity contribution in [1.82, 2.24) is 29.9 Å². The van der Waals surface area contributed by atoms with E-state index in [2.05, 4.69) is 31.3 Å². The topological polar surface area (TPSA) is 156 Å². The molecule has 0 radical (unpaired) electrons. The summed E-state index contributed by atoms with van der Waals surface area (Å²) in [5.74, 6) is -0.789. The van der Waals surface area contributed by atoms with Crippen LogP contribution < -0.4 is 5.73 Å². The van der Waals surface area contributed by atoms with Crippen molar-refractivity contribution < 1.29 is 9.90 Å². The third-order valence-electron chi connectivity index (χ3n) is 5.22. The summed E-state index contributed by atoms with van der Waals surface area (Å²) in [5, 5.41) is 26.9. The molecular formula is C24H22N8O2. The van der Waals surface area contributed by atoms with Gasteiger partial charge in [-0.05, 0) is 44.2 Å². The van der Waals surface area contributed by atoms with Gasteiger partial charge in [0.25, 0.3) is 0 Å². The Hall–Kier alpha value is -4.65. The molecule has 0 aliphatic carbocycles. The second-order valence-corrected chi connectivity index (χ2v) is 8.48. The Kier molecular flexibility index (Phi) is 6.01. The molecule has 3 aromatic heterocycles. The Morgan fingerprint density at radius 3 is 2.56 bits per heavy atom. The number of carboxylic acids is 1. The predicted octanol–water partition coefficient (Wildman–Crippen LogP) is 2.95. The summed E-state index contributed by atoms with van der Waals surface area (Å²) in [5.41, 5.74) is 9.28. The number of carboxylic acid groups (broad SMARTS) is 1. The van der Waals surface area contributed by atoms with Crippen molar-refractivity contribution in [3.8, 4) is 28.7 Å². The molecule has 0 saturated carbocycles. The lowest BCUT2D eigenvalue weighted by atomic mass is 9.88. The van der Waals surface area contributed by atoms with E-state index >= 15 is 0 Å². The standard InChI is InChI=1S/C24H22N8O2/c1-24(2,22(33)34)11-17-7-4-8-18(27-17)13-32-14-21(30-31-32)20-10-19(28-23(26)29-20)16-6-3-5-15(9-16)12-25/h3-10,14H,11,13H2,1-2H3,(H,33,34)(H2,26,28,29). The number of nitrogens with two attached hydrogens (primary N) is 1. The molecule has 1 aromatic carbocycles. The highest BCUT2D eigenvalue weighted by Gasteiger charge is 2.28. The Morgan fingerprint density at radius 1 is 1.06 bits per heavy atom. The first-order chi connectivity index (χ1) is 16.2. The molecule has 34 heavy (non-hydrogen) atoms. The van der Waals surface area contributed by atoms with Crippen molar-refractivity contribution in [1.29, 1.82) is 5.26 Å². The van der Waals surface area contributed by atoms with Crippen molar-refractivity contribution in [2.75, 3.05) is 5.73 Å². The van der Waals surface area contributed by atoms with Crippen molar-refractivity contribution in [3.05, 3.63) is 71.7 Å². The second-order valence-electron chi connectivity index (χ2n) is 8.48. The van der Waals surface area contributed by atoms with Crippen molar-refractivity contribution in [2.24, 2.45) is 5.41 Å². The first kappa shape index (κ1) is 22.5. The highest BCUT2D eigenvalue weighted by molar-refractivity contribution is 5.74. The molecule has 0 aliphatic rings. The van der Waals surface area contributed by atoms with E-state index in [1.807, 2.05) is 24.3 Å². The molecule has 0 fully saturated rings. The molecule has 0 atom stereocenters. The number of benzene rings is 1. The number of pyridine rings is 1. The summed E-state index contributed by atoms with van der Waals surface area (Å²) < 4.78 is 1.62. The van der Waals surface area contributed by atoms with Crippen LogP contribution in [-0.2, 0) is 17.8 Å². The van der Waals surface area contributed by atoms with E-state index in [1.54, 1.807) is 49.0 Å². The number of hydrogen-bond acceptors (Lipinski definition) is 8. The van der Waals surface area contributed by atoms with E-state index in [1.165, 1.54) is 0 Å². The summed E-state index contributed by atoms with van der Waals surface area (Å²) in [4.78, 5) is 24.6. The minimum atomic E-state index is -0.913. The van der Waals surface area contributed by atoms with E-state index in [4.69, 9.17) is 11.0 Å². The van der Waals surface area contributed by atoms with Gasteiger partial charge in [-0.3, -0.25) is 9.78 Å². The lowest BCUT2D eigenvalue weighted by Gasteiger charge is -2.18. The van der Waals surface area contributed by atoms with Crippen molar-refractivity contribution in [3.63, 3.8) is 0 Å². The largest absolute Gasteiger partial charge is 0.481 e. The monoisotopic (exact) mass is 454 g/mol. The van der Waals surface area contributed by atoms with Crippen LogP contribution in [-0.4, -0.2) is 41.0 Å². The van der Waals surface area contributed by atoms with E-state index in [9.17, 15) is 9.90 Å². The number of hydrogen-bond donors (Lipinski definition) is 2. The normalized spacial score (nSPS) is 11.2. The van der Waals surface area contributed by atoms with Gasteiger partial charge in [0.1, 0.15) is 5.69 Å². The summed E-state index contributed by atoms with van der Waals surface area (Å²) in [6, 6.07) is 16.4. The summed E-state index contributed by atoms with van der Waals surface area (Å²) in [6.45, 7) is 3.70. The number of rotatable bonds is 7. The van der Waals surface area contributed by atoms with Gasteiger partial charge >= 0.3 is 5.97 Å². The Labute approximate surface area is 195 Å². The first-order valence-electron chi connectivity index (χ1n) is 10.5. The van der Waals surface area contributed by atoms with Gasteiger partial charge in [0.15, 0.2) is 0 Å². The van der Waals surface area contributed by atoms with Gasteiger partial charge < -0.3 is 10.8 Å². The number of nitrogens with zero attached hydrogens (tertiary/aromatic N) is 7. The zero-order chi connectivity index (χ0) is 24.3. The van der Waals surface area contributed by atoms with Gasteiger partial charge in [0.05, 0.1) is 46.9 Å². The molecule has 0 aliphatic heterocycles. The molecule has 0 bridgehead atoms. The van der Waals surface area contributed by atoms with E-state index in [0.717, 1.165) is 11.3 Å². The van der Waals surface area contributed by atoms with E-state index in [0.29, 0.717) is 41.3 Å². The molecule has 0 amide bonds. The van der Waals surface area contributed by atoms with Crippen LogP contribution in [0, 0.1) is 16.7 Å². The van der Waals surface area contributed by atoms with Crippen LogP contribution in [0.25, 0.3) is 22.6 Å².